The number of carbonyl (C=O) groups is 1. The van der Waals surface area contributed by atoms with E-state index in [9.17, 15) is 13.2 Å². The van der Waals surface area contributed by atoms with Crippen LogP contribution in [0.15, 0.2) is 18.2 Å². The Kier molecular flexibility index (Phi) is 5.35. The molecule has 1 atom stereocenters. The molecule has 1 aliphatic rings. The van der Waals surface area contributed by atoms with Gasteiger partial charge in [-0.25, -0.2) is 8.42 Å². The van der Waals surface area contributed by atoms with E-state index in [4.69, 9.17) is 23.2 Å². The number of carbonyl (C=O) groups excluding carboxylic acids is 1. The maximum Gasteiger partial charge on any atom is 0.222 e. The maximum atomic E-state index is 11.7. The summed E-state index contributed by atoms with van der Waals surface area (Å²) in [5, 5.41) is 6.81. The zero-order chi connectivity index (χ0) is 15.5. The van der Waals surface area contributed by atoms with E-state index in [0.29, 0.717) is 28.7 Å². The molecule has 116 valence electrons. The Balaban J connectivity index is 1.74. The van der Waals surface area contributed by atoms with Crippen molar-refractivity contribution in [3.63, 3.8) is 0 Å². The van der Waals surface area contributed by atoms with Crippen LogP contribution in [0.5, 0.6) is 0 Å². The van der Waals surface area contributed by atoms with Crippen LogP contribution in [0, 0.1) is 0 Å². The van der Waals surface area contributed by atoms with Crippen LogP contribution in [-0.4, -0.2) is 38.4 Å². The van der Waals surface area contributed by atoms with Crippen molar-refractivity contribution in [2.45, 2.75) is 18.9 Å². The highest BCUT2D eigenvalue weighted by molar-refractivity contribution is 7.91. The van der Waals surface area contributed by atoms with Gasteiger partial charge in [0.25, 0.3) is 0 Å². The van der Waals surface area contributed by atoms with Gasteiger partial charge in [-0.3, -0.25) is 4.79 Å². The molecule has 21 heavy (non-hydrogen) atoms. The fraction of sp³-hybridized carbons (Fsp3) is 0.462. The Labute approximate surface area is 133 Å². The van der Waals surface area contributed by atoms with Gasteiger partial charge >= 0.3 is 0 Å². The number of hydrogen-bond donors (Lipinski definition) is 2. The number of halogens is 2. The Morgan fingerprint density at radius 2 is 2.10 bits per heavy atom. The molecule has 0 aromatic heterocycles. The summed E-state index contributed by atoms with van der Waals surface area (Å²) in [6.45, 7) is 0.409. The molecule has 8 heteroatoms. The number of amides is 1. The topological polar surface area (TPSA) is 75.3 Å². The zero-order valence-corrected chi connectivity index (χ0v) is 13.6. The Morgan fingerprint density at radius 1 is 1.33 bits per heavy atom. The molecule has 1 amide bonds. The fourth-order valence-corrected chi connectivity index (χ4v) is 4.30. The number of rotatable bonds is 5. The first kappa shape index (κ1) is 16.4. The summed E-state index contributed by atoms with van der Waals surface area (Å²) in [5.41, 5.74) is 0.706. The van der Waals surface area contributed by atoms with Gasteiger partial charge in [-0.05, 0) is 24.6 Å². The van der Waals surface area contributed by atoms with Gasteiger partial charge in [0.2, 0.25) is 5.91 Å². The summed E-state index contributed by atoms with van der Waals surface area (Å²) in [4.78, 5) is 11.7. The minimum Gasteiger partial charge on any atom is -0.383 e. The predicted molar refractivity (Wildman–Crippen MR) is 84.8 cm³/mol. The highest BCUT2D eigenvalue weighted by Gasteiger charge is 2.28. The van der Waals surface area contributed by atoms with Crippen molar-refractivity contribution >= 4 is 44.6 Å². The van der Waals surface area contributed by atoms with Crippen molar-refractivity contribution in [2.24, 2.45) is 0 Å². The summed E-state index contributed by atoms with van der Waals surface area (Å²) >= 11 is 11.8. The summed E-state index contributed by atoms with van der Waals surface area (Å²) in [7, 11) is -2.97. The summed E-state index contributed by atoms with van der Waals surface area (Å²) < 4.78 is 22.6. The molecule has 1 heterocycles. The monoisotopic (exact) mass is 350 g/mol. The molecule has 2 rings (SSSR count). The van der Waals surface area contributed by atoms with Crippen molar-refractivity contribution in [1.82, 2.24) is 5.32 Å². The lowest BCUT2D eigenvalue weighted by Gasteiger charge is -2.12. The van der Waals surface area contributed by atoms with Crippen molar-refractivity contribution in [3.8, 4) is 0 Å². The second-order valence-corrected chi connectivity index (χ2v) is 8.04. The van der Waals surface area contributed by atoms with E-state index < -0.39 is 9.84 Å². The lowest BCUT2D eigenvalue weighted by atomic mass is 10.2. The zero-order valence-electron chi connectivity index (χ0n) is 11.2. The van der Waals surface area contributed by atoms with Crippen LogP contribution in [0.4, 0.5) is 5.69 Å². The third-order valence-corrected chi connectivity index (χ3v) is 5.51. The van der Waals surface area contributed by atoms with E-state index in [2.05, 4.69) is 10.6 Å². The van der Waals surface area contributed by atoms with Crippen LogP contribution in [0.3, 0.4) is 0 Å². The second kappa shape index (κ2) is 6.85. The van der Waals surface area contributed by atoms with E-state index in [1.165, 1.54) is 0 Å². The average molecular weight is 351 g/mol. The molecule has 5 nitrogen and oxygen atoms in total. The second-order valence-electron chi connectivity index (χ2n) is 4.97. The lowest BCUT2D eigenvalue weighted by molar-refractivity contribution is -0.121. The Bertz CT molecular complexity index is 634. The summed E-state index contributed by atoms with van der Waals surface area (Å²) in [6, 6.07) is 4.81. The molecule has 0 radical (unpaired) electrons. The maximum absolute atomic E-state index is 11.7. The van der Waals surface area contributed by atoms with Crippen LogP contribution < -0.4 is 10.6 Å². The third kappa shape index (κ3) is 5.05. The standard InChI is InChI=1S/C13H16Cl2N2O3S/c14-9-1-2-12(11(15)7-9)16-5-3-13(18)17-10-4-6-21(19,20)8-10/h1-2,7,10,16H,3-6,8H2,(H,17,18). The molecule has 1 aliphatic heterocycles. The van der Waals surface area contributed by atoms with Gasteiger partial charge in [0.05, 0.1) is 22.2 Å². The van der Waals surface area contributed by atoms with Crippen LogP contribution >= 0.6 is 23.2 Å². The molecule has 1 saturated heterocycles. The first-order chi connectivity index (χ1) is 9.85. The molecule has 0 spiro atoms. The molecule has 2 N–H and O–H groups in total. The van der Waals surface area contributed by atoms with E-state index in [1.54, 1.807) is 18.2 Å². The normalized spacial score (nSPS) is 20.2. The molecule has 0 bridgehead atoms. The van der Waals surface area contributed by atoms with Crippen LogP contribution in [0.1, 0.15) is 12.8 Å². The first-order valence-corrected chi connectivity index (χ1v) is 9.12. The number of anilines is 1. The molecule has 1 aromatic carbocycles. The molecule has 1 unspecified atom stereocenters. The van der Waals surface area contributed by atoms with Crippen molar-refractivity contribution in [3.05, 3.63) is 28.2 Å². The smallest absolute Gasteiger partial charge is 0.222 e. The third-order valence-electron chi connectivity index (χ3n) is 3.20. The van der Waals surface area contributed by atoms with Crippen LogP contribution in [0.25, 0.3) is 0 Å². The molecule has 0 aliphatic carbocycles. The fourth-order valence-electron chi connectivity index (χ4n) is 2.15. The van der Waals surface area contributed by atoms with Gasteiger partial charge in [0.15, 0.2) is 9.84 Å². The van der Waals surface area contributed by atoms with Crippen molar-refractivity contribution < 1.29 is 13.2 Å². The predicted octanol–water partition coefficient (Wildman–Crippen LogP) is 2.10. The van der Waals surface area contributed by atoms with Gasteiger partial charge in [-0.1, -0.05) is 23.2 Å². The van der Waals surface area contributed by atoms with Gasteiger partial charge < -0.3 is 10.6 Å². The minimum atomic E-state index is -2.97. The SMILES string of the molecule is O=C(CCNc1ccc(Cl)cc1Cl)NC1CCS(=O)(=O)C1. The molecule has 0 saturated carbocycles. The highest BCUT2D eigenvalue weighted by atomic mass is 35.5. The Hall–Kier alpha value is -0.980. The lowest BCUT2D eigenvalue weighted by Crippen LogP contribution is -2.36. The Morgan fingerprint density at radius 3 is 2.71 bits per heavy atom. The summed E-state index contributed by atoms with van der Waals surface area (Å²) in [5.74, 6) is 0.0147. The largest absolute Gasteiger partial charge is 0.383 e. The van der Waals surface area contributed by atoms with Gasteiger partial charge in [-0.15, -0.1) is 0 Å². The molecule has 1 aromatic rings. The summed E-state index contributed by atoms with van der Waals surface area (Å²) in [6.07, 6.45) is 0.736. The quantitative estimate of drug-likeness (QED) is 0.852. The number of hydrogen-bond acceptors (Lipinski definition) is 4. The minimum absolute atomic E-state index is 0.0369. The van der Waals surface area contributed by atoms with Gasteiger partial charge in [-0.2, -0.15) is 0 Å². The van der Waals surface area contributed by atoms with E-state index in [1.807, 2.05) is 0 Å². The first-order valence-electron chi connectivity index (χ1n) is 6.54. The van der Waals surface area contributed by atoms with Crippen LogP contribution in [-0.2, 0) is 14.6 Å². The number of benzene rings is 1. The number of nitrogens with one attached hydrogen (secondary N) is 2. The van der Waals surface area contributed by atoms with E-state index in [-0.39, 0.29) is 29.9 Å². The van der Waals surface area contributed by atoms with Gasteiger partial charge in [0, 0.05) is 24.0 Å². The van der Waals surface area contributed by atoms with Crippen molar-refractivity contribution in [2.75, 3.05) is 23.4 Å². The van der Waals surface area contributed by atoms with Crippen molar-refractivity contribution in [1.29, 1.82) is 0 Å². The van der Waals surface area contributed by atoms with Gasteiger partial charge in [0.1, 0.15) is 0 Å². The van der Waals surface area contributed by atoms with E-state index in [0.717, 1.165) is 0 Å². The molecule has 1 fully saturated rings. The molecular formula is C13H16Cl2N2O3S. The average Bonchev–Trinajstić information content (AvgIpc) is 2.71. The number of sulfone groups is 1. The highest BCUT2D eigenvalue weighted by Crippen LogP contribution is 2.25. The van der Waals surface area contributed by atoms with Crippen LogP contribution in [0.2, 0.25) is 10.0 Å². The molecular weight excluding hydrogens is 335 g/mol. The van der Waals surface area contributed by atoms with E-state index >= 15 is 0 Å².